The van der Waals surface area contributed by atoms with Gasteiger partial charge in [-0.2, -0.15) is 0 Å². The number of benzene rings is 3. The number of nitrogens with one attached hydrogen (secondary N) is 3. The minimum absolute atomic E-state index is 0.00405. The zero-order valence-corrected chi connectivity index (χ0v) is 18.9. The molecule has 0 radical (unpaired) electrons. The van der Waals surface area contributed by atoms with E-state index >= 15 is 0 Å². The molecule has 3 aromatic carbocycles. The summed E-state index contributed by atoms with van der Waals surface area (Å²) in [5, 5.41) is 7.94. The summed E-state index contributed by atoms with van der Waals surface area (Å²) in [4.78, 5) is 12.7. The molecule has 0 aromatic heterocycles. The lowest BCUT2D eigenvalue weighted by atomic mass is 10.1. The third kappa shape index (κ3) is 6.04. The van der Waals surface area contributed by atoms with Crippen LogP contribution in [0.3, 0.4) is 0 Å². The summed E-state index contributed by atoms with van der Waals surface area (Å²) in [6.45, 7) is 1.56. The fourth-order valence-corrected chi connectivity index (χ4v) is 3.48. The molecule has 0 bridgehead atoms. The molecule has 166 valence electrons. The molecular weight excluding hydrogens is 510 g/mol. The van der Waals surface area contributed by atoms with Gasteiger partial charge >= 0.3 is 0 Å². The number of rotatable bonds is 5. The summed E-state index contributed by atoms with van der Waals surface area (Å²) in [6.07, 6.45) is 0. The fraction of sp³-hybridized carbons (Fsp3) is 0.0909. The van der Waals surface area contributed by atoms with Crippen LogP contribution in [0.15, 0.2) is 53.0 Å². The molecule has 0 fully saturated rings. The predicted octanol–water partition coefficient (Wildman–Crippen LogP) is 6.05. The Morgan fingerprint density at radius 1 is 0.938 bits per heavy atom. The van der Waals surface area contributed by atoms with E-state index in [0.29, 0.717) is 16.8 Å². The highest BCUT2D eigenvalue weighted by Crippen LogP contribution is 2.26. The largest absolute Gasteiger partial charge is 0.358 e. The molecule has 4 nitrogen and oxygen atoms in total. The van der Waals surface area contributed by atoms with E-state index in [1.807, 2.05) is 0 Å². The zero-order chi connectivity index (χ0) is 23.4. The number of thiocarbonyl (C=S) groups is 1. The van der Waals surface area contributed by atoms with E-state index < -0.39 is 29.2 Å². The maximum atomic E-state index is 14.4. The molecule has 3 N–H and O–H groups in total. The third-order valence-electron chi connectivity index (χ3n) is 4.34. The molecule has 3 rings (SSSR count). The molecule has 0 spiro atoms. The summed E-state index contributed by atoms with van der Waals surface area (Å²) < 4.78 is 54.6. The van der Waals surface area contributed by atoms with Crippen molar-refractivity contribution >= 4 is 50.5 Å². The molecule has 0 saturated heterocycles. The summed E-state index contributed by atoms with van der Waals surface area (Å²) in [5.41, 5.74) is 1.05. The summed E-state index contributed by atoms with van der Waals surface area (Å²) in [7, 11) is 0. The smallest absolute Gasteiger partial charge is 0.256 e. The summed E-state index contributed by atoms with van der Waals surface area (Å²) in [5.74, 6) is -3.11. The minimum atomic E-state index is -0.730. The van der Waals surface area contributed by atoms with Crippen LogP contribution in [0, 0.1) is 30.2 Å². The van der Waals surface area contributed by atoms with Gasteiger partial charge in [-0.25, -0.2) is 17.6 Å². The van der Waals surface area contributed by atoms with Gasteiger partial charge in [0.05, 0.1) is 11.3 Å². The van der Waals surface area contributed by atoms with Gasteiger partial charge in [-0.05, 0) is 88.7 Å². The molecule has 10 heteroatoms. The molecule has 1 amide bonds. The third-order valence-corrected chi connectivity index (χ3v) is 5.24. The first-order chi connectivity index (χ1) is 15.1. The molecule has 3 aromatic rings. The molecule has 0 saturated carbocycles. The summed E-state index contributed by atoms with van der Waals surface area (Å²) in [6, 6.07) is 9.47. The number of carbonyl (C=O) groups is 1. The average Bonchev–Trinajstić information content (AvgIpc) is 2.70. The van der Waals surface area contributed by atoms with Crippen LogP contribution in [0.4, 0.5) is 28.9 Å². The number of hydrogen-bond donors (Lipinski definition) is 3. The van der Waals surface area contributed by atoms with E-state index in [4.69, 9.17) is 12.2 Å². The molecule has 0 aliphatic heterocycles. The Bertz CT molecular complexity index is 1190. The van der Waals surface area contributed by atoms with E-state index in [9.17, 15) is 22.4 Å². The van der Waals surface area contributed by atoms with Gasteiger partial charge in [0.2, 0.25) is 0 Å². The quantitative estimate of drug-likeness (QED) is 0.280. The Labute approximate surface area is 195 Å². The second-order valence-corrected chi connectivity index (χ2v) is 8.08. The first-order valence-corrected chi connectivity index (χ1v) is 10.4. The number of amides is 1. The Morgan fingerprint density at radius 2 is 1.62 bits per heavy atom. The summed E-state index contributed by atoms with van der Waals surface area (Å²) >= 11 is 8.26. The van der Waals surface area contributed by atoms with Crippen LogP contribution in [0.1, 0.15) is 21.5 Å². The molecule has 0 aliphatic carbocycles. The van der Waals surface area contributed by atoms with Crippen LogP contribution in [0.2, 0.25) is 0 Å². The highest BCUT2D eigenvalue weighted by atomic mass is 79.9. The molecule has 0 heterocycles. The number of anilines is 2. The van der Waals surface area contributed by atoms with Gasteiger partial charge in [0, 0.05) is 22.8 Å². The van der Waals surface area contributed by atoms with Gasteiger partial charge in [-0.15, -0.1) is 0 Å². The first-order valence-electron chi connectivity index (χ1n) is 9.19. The van der Waals surface area contributed by atoms with Crippen LogP contribution in [-0.4, -0.2) is 11.0 Å². The van der Waals surface area contributed by atoms with Crippen molar-refractivity contribution in [2.75, 3.05) is 10.6 Å². The van der Waals surface area contributed by atoms with Crippen molar-refractivity contribution in [2.24, 2.45) is 0 Å². The van der Waals surface area contributed by atoms with Gasteiger partial charge in [0.15, 0.2) is 5.11 Å². The van der Waals surface area contributed by atoms with Crippen molar-refractivity contribution < 1.29 is 22.4 Å². The zero-order valence-electron chi connectivity index (χ0n) is 16.5. The van der Waals surface area contributed by atoms with E-state index in [2.05, 4.69) is 31.9 Å². The SMILES string of the molecule is Cc1cc(NC(=O)c2cc(NC(=S)NCc3cc(F)cc(F)c3)c(F)cc2Br)ccc1F. The number of halogens is 5. The van der Waals surface area contributed by atoms with Crippen LogP contribution in [-0.2, 0) is 6.54 Å². The Hall–Kier alpha value is -2.98. The van der Waals surface area contributed by atoms with E-state index in [0.717, 1.165) is 24.3 Å². The maximum absolute atomic E-state index is 14.4. The van der Waals surface area contributed by atoms with Crippen molar-refractivity contribution in [1.29, 1.82) is 0 Å². The second-order valence-electron chi connectivity index (χ2n) is 6.82. The molecule has 0 unspecified atom stereocenters. The lowest BCUT2D eigenvalue weighted by Gasteiger charge is -2.14. The fourth-order valence-electron chi connectivity index (χ4n) is 2.80. The Kier molecular flexibility index (Phi) is 7.47. The molecule has 0 aliphatic rings. The predicted molar refractivity (Wildman–Crippen MR) is 123 cm³/mol. The van der Waals surface area contributed by atoms with Crippen LogP contribution in [0.25, 0.3) is 0 Å². The van der Waals surface area contributed by atoms with Gasteiger partial charge in [-0.3, -0.25) is 4.79 Å². The van der Waals surface area contributed by atoms with E-state index in [-0.39, 0.29) is 27.4 Å². The van der Waals surface area contributed by atoms with Gasteiger partial charge < -0.3 is 16.0 Å². The van der Waals surface area contributed by atoms with Crippen molar-refractivity contribution in [3.63, 3.8) is 0 Å². The standard InChI is InChI=1S/C22H16BrF4N3OS/c1-11-4-15(2-3-18(11)26)29-21(31)16-8-20(19(27)9-17(16)23)30-22(32)28-10-12-5-13(24)7-14(25)6-12/h2-9H,10H2,1H3,(H,29,31)(H2,28,30,32). The molecule has 0 atom stereocenters. The monoisotopic (exact) mass is 525 g/mol. The van der Waals surface area contributed by atoms with Crippen LogP contribution >= 0.6 is 28.1 Å². The number of aryl methyl sites for hydroxylation is 1. The molecule has 32 heavy (non-hydrogen) atoms. The van der Waals surface area contributed by atoms with Crippen molar-refractivity contribution in [3.05, 3.63) is 93.0 Å². The Morgan fingerprint density at radius 3 is 2.28 bits per heavy atom. The topological polar surface area (TPSA) is 53.2 Å². The lowest BCUT2D eigenvalue weighted by molar-refractivity contribution is 0.102. The van der Waals surface area contributed by atoms with Crippen LogP contribution in [0.5, 0.6) is 0 Å². The van der Waals surface area contributed by atoms with Crippen molar-refractivity contribution in [2.45, 2.75) is 13.5 Å². The van der Waals surface area contributed by atoms with Gasteiger partial charge in [0.1, 0.15) is 23.3 Å². The highest BCUT2D eigenvalue weighted by Gasteiger charge is 2.16. The van der Waals surface area contributed by atoms with E-state index in [1.54, 1.807) is 6.92 Å². The number of hydrogen-bond acceptors (Lipinski definition) is 2. The lowest BCUT2D eigenvalue weighted by Crippen LogP contribution is -2.28. The Balaban J connectivity index is 1.71. The van der Waals surface area contributed by atoms with Crippen molar-refractivity contribution in [3.8, 4) is 0 Å². The second kappa shape index (κ2) is 10.1. The van der Waals surface area contributed by atoms with Gasteiger partial charge in [0.25, 0.3) is 5.91 Å². The van der Waals surface area contributed by atoms with Crippen LogP contribution < -0.4 is 16.0 Å². The minimum Gasteiger partial charge on any atom is -0.358 e. The first kappa shape index (κ1) is 23.7. The average molecular weight is 526 g/mol. The normalized spacial score (nSPS) is 10.6. The maximum Gasteiger partial charge on any atom is 0.256 e. The van der Waals surface area contributed by atoms with Crippen molar-refractivity contribution in [1.82, 2.24) is 5.32 Å². The van der Waals surface area contributed by atoms with E-state index in [1.165, 1.54) is 24.3 Å². The molecular formula is C22H16BrF4N3OS. The number of carbonyl (C=O) groups excluding carboxylic acids is 1. The van der Waals surface area contributed by atoms with Gasteiger partial charge in [-0.1, -0.05) is 0 Å². The highest BCUT2D eigenvalue weighted by molar-refractivity contribution is 9.10.